The molecule has 0 bridgehead atoms. The van der Waals surface area contributed by atoms with Crippen molar-refractivity contribution in [3.63, 3.8) is 0 Å². The molecule has 0 aliphatic heterocycles. The largest absolute Gasteiger partial charge is 0.106 e. The zero-order valence-corrected chi connectivity index (χ0v) is 12.0. The van der Waals surface area contributed by atoms with Gasteiger partial charge in [0.25, 0.3) is 0 Å². The highest BCUT2D eigenvalue weighted by Crippen LogP contribution is 2.06. The van der Waals surface area contributed by atoms with Gasteiger partial charge >= 0.3 is 0 Å². The third-order valence-corrected chi connectivity index (χ3v) is 3.14. The molecular weight excluding hydrogens is 240 g/mol. The SMILES string of the molecule is CC#CCc1ccc(C#Cc2ccc(CC)cc2)cc1. The van der Waals surface area contributed by atoms with E-state index < -0.39 is 0 Å². The van der Waals surface area contributed by atoms with E-state index in [2.05, 4.69) is 79.1 Å². The fourth-order valence-electron chi connectivity index (χ4n) is 1.86. The molecule has 0 spiro atoms. The molecule has 0 saturated heterocycles. The predicted octanol–water partition coefficient (Wildman–Crippen LogP) is 4.21. The lowest BCUT2D eigenvalue weighted by atomic mass is 10.1. The molecule has 98 valence electrons. The van der Waals surface area contributed by atoms with Crippen LogP contribution < -0.4 is 0 Å². The quantitative estimate of drug-likeness (QED) is 0.708. The van der Waals surface area contributed by atoms with E-state index in [9.17, 15) is 0 Å². The highest BCUT2D eigenvalue weighted by atomic mass is 14.0. The van der Waals surface area contributed by atoms with Gasteiger partial charge in [-0.05, 0) is 48.7 Å². The summed E-state index contributed by atoms with van der Waals surface area (Å²) in [6, 6.07) is 16.7. The maximum atomic E-state index is 3.20. The summed E-state index contributed by atoms with van der Waals surface area (Å²) in [7, 11) is 0. The van der Waals surface area contributed by atoms with Gasteiger partial charge in [-0.15, -0.1) is 5.92 Å². The molecule has 0 saturated carbocycles. The van der Waals surface area contributed by atoms with Crippen molar-refractivity contribution in [2.24, 2.45) is 0 Å². The summed E-state index contributed by atoms with van der Waals surface area (Å²) >= 11 is 0. The van der Waals surface area contributed by atoms with Crippen LogP contribution in [0.3, 0.4) is 0 Å². The molecule has 0 unspecified atom stereocenters. The second-order valence-corrected chi connectivity index (χ2v) is 4.60. The van der Waals surface area contributed by atoms with Gasteiger partial charge in [-0.2, -0.15) is 0 Å². The summed E-state index contributed by atoms with van der Waals surface area (Å²) < 4.78 is 0. The molecule has 0 fully saturated rings. The van der Waals surface area contributed by atoms with Crippen LogP contribution in [0.4, 0.5) is 0 Å². The van der Waals surface area contributed by atoms with Gasteiger partial charge in [0.1, 0.15) is 0 Å². The van der Waals surface area contributed by atoms with E-state index in [1.807, 2.05) is 6.92 Å². The van der Waals surface area contributed by atoms with Crippen molar-refractivity contribution in [1.82, 2.24) is 0 Å². The number of aryl methyl sites for hydroxylation is 1. The van der Waals surface area contributed by atoms with Crippen LogP contribution >= 0.6 is 0 Å². The molecule has 0 aliphatic carbocycles. The maximum Gasteiger partial charge on any atom is 0.0340 e. The first-order valence-electron chi connectivity index (χ1n) is 6.91. The zero-order chi connectivity index (χ0) is 14.2. The number of benzene rings is 2. The summed E-state index contributed by atoms with van der Waals surface area (Å²) in [5.41, 5.74) is 4.68. The van der Waals surface area contributed by atoms with Gasteiger partial charge in [0.05, 0.1) is 0 Å². The van der Waals surface area contributed by atoms with Gasteiger partial charge in [-0.3, -0.25) is 0 Å². The van der Waals surface area contributed by atoms with E-state index in [1.165, 1.54) is 11.1 Å². The van der Waals surface area contributed by atoms with Crippen molar-refractivity contribution < 1.29 is 0 Å². The van der Waals surface area contributed by atoms with E-state index in [0.717, 1.165) is 24.0 Å². The fourth-order valence-corrected chi connectivity index (χ4v) is 1.86. The lowest BCUT2D eigenvalue weighted by molar-refractivity contribution is 1.14. The standard InChI is InChI=1S/C20H18/c1-3-5-6-18-11-13-20(14-12-18)16-15-19-9-7-17(4-2)8-10-19/h7-14H,4,6H2,1-2H3. The van der Waals surface area contributed by atoms with Crippen molar-refractivity contribution >= 4 is 0 Å². The number of hydrogen-bond donors (Lipinski definition) is 0. The van der Waals surface area contributed by atoms with E-state index in [1.54, 1.807) is 0 Å². The van der Waals surface area contributed by atoms with Crippen LogP contribution in [0.25, 0.3) is 0 Å². The lowest BCUT2D eigenvalue weighted by Crippen LogP contribution is -1.83. The summed E-state index contributed by atoms with van der Waals surface area (Å²) in [6.07, 6.45) is 1.87. The van der Waals surface area contributed by atoms with E-state index in [-0.39, 0.29) is 0 Å². The molecule has 0 atom stereocenters. The van der Waals surface area contributed by atoms with Gasteiger partial charge in [0.15, 0.2) is 0 Å². The van der Waals surface area contributed by atoms with Crippen molar-refractivity contribution in [2.75, 3.05) is 0 Å². The first-order chi connectivity index (χ1) is 9.81. The number of hydrogen-bond acceptors (Lipinski definition) is 0. The first kappa shape index (κ1) is 14.0. The Hall–Kier alpha value is -2.44. The van der Waals surface area contributed by atoms with Gasteiger partial charge < -0.3 is 0 Å². The molecule has 0 aromatic heterocycles. The van der Waals surface area contributed by atoms with E-state index in [0.29, 0.717) is 0 Å². The van der Waals surface area contributed by atoms with Crippen LogP contribution in [0.5, 0.6) is 0 Å². The molecule has 0 heteroatoms. The Morgan fingerprint density at radius 2 is 1.25 bits per heavy atom. The molecule has 0 N–H and O–H groups in total. The van der Waals surface area contributed by atoms with Crippen LogP contribution in [-0.2, 0) is 12.8 Å². The minimum absolute atomic E-state index is 0.808. The molecule has 0 nitrogen and oxygen atoms in total. The van der Waals surface area contributed by atoms with Crippen LogP contribution in [0, 0.1) is 23.7 Å². The van der Waals surface area contributed by atoms with Gasteiger partial charge in [-0.1, -0.05) is 49.0 Å². The van der Waals surface area contributed by atoms with Crippen molar-refractivity contribution in [2.45, 2.75) is 26.7 Å². The van der Waals surface area contributed by atoms with Crippen LogP contribution in [-0.4, -0.2) is 0 Å². The van der Waals surface area contributed by atoms with Crippen LogP contribution in [0.15, 0.2) is 48.5 Å². The predicted molar refractivity (Wildman–Crippen MR) is 85.4 cm³/mol. The minimum atomic E-state index is 0.808. The van der Waals surface area contributed by atoms with Crippen molar-refractivity contribution in [3.05, 3.63) is 70.8 Å². The second-order valence-electron chi connectivity index (χ2n) is 4.60. The zero-order valence-electron chi connectivity index (χ0n) is 12.0. The molecular formula is C20H18. The molecule has 2 aromatic carbocycles. The molecule has 0 heterocycles. The summed E-state index contributed by atoms with van der Waals surface area (Å²) in [6.45, 7) is 4.02. The third-order valence-electron chi connectivity index (χ3n) is 3.14. The minimum Gasteiger partial charge on any atom is -0.106 e. The first-order valence-corrected chi connectivity index (χ1v) is 6.91. The smallest absolute Gasteiger partial charge is 0.0340 e. The highest BCUT2D eigenvalue weighted by Gasteiger charge is 1.91. The van der Waals surface area contributed by atoms with Gasteiger partial charge in [0, 0.05) is 17.5 Å². The normalized spacial score (nSPS) is 9.10. The highest BCUT2D eigenvalue weighted by molar-refractivity contribution is 5.44. The Bertz CT molecular complexity index is 665. The van der Waals surface area contributed by atoms with Crippen LogP contribution in [0.2, 0.25) is 0 Å². The van der Waals surface area contributed by atoms with Crippen molar-refractivity contribution in [3.8, 4) is 23.7 Å². The summed E-state index contributed by atoms with van der Waals surface area (Å²) in [5, 5.41) is 0. The van der Waals surface area contributed by atoms with Crippen LogP contribution in [0.1, 0.15) is 36.1 Å². The fraction of sp³-hybridized carbons (Fsp3) is 0.200. The summed E-state index contributed by atoms with van der Waals surface area (Å²) in [5.74, 6) is 12.4. The third kappa shape index (κ3) is 4.04. The Morgan fingerprint density at radius 1 is 0.750 bits per heavy atom. The molecule has 0 amide bonds. The number of rotatable bonds is 2. The van der Waals surface area contributed by atoms with Gasteiger partial charge in [-0.25, -0.2) is 0 Å². The van der Waals surface area contributed by atoms with E-state index >= 15 is 0 Å². The summed E-state index contributed by atoms with van der Waals surface area (Å²) in [4.78, 5) is 0. The van der Waals surface area contributed by atoms with Gasteiger partial charge in [0.2, 0.25) is 0 Å². The Labute approximate surface area is 121 Å². The van der Waals surface area contributed by atoms with E-state index in [4.69, 9.17) is 0 Å². The average Bonchev–Trinajstić information content (AvgIpc) is 2.52. The molecule has 0 aliphatic rings. The maximum absolute atomic E-state index is 3.20. The lowest BCUT2D eigenvalue weighted by Gasteiger charge is -1.96. The molecule has 0 radical (unpaired) electrons. The van der Waals surface area contributed by atoms with Crippen molar-refractivity contribution in [1.29, 1.82) is 0 Å². The molecule has 20 heavy (non-hydrogen) atoms. The molecule has 2 aromatic rings. The Kier molecular flexibility index (Phi) is 5.05. The topological polar surface area (TPSA) is 0 Å². The Morgan fingerprint density at radius 3 is 1.70 bits per heavy atom. The molecule has 2 rings (SSSR count). The monoisotopic (exact) mass is 258 g/mol. The average molecular weight is 258 g/mol. The second kappa shape index (κ2) is 7.22. The Balaban J connectivity index is 2.08.